The summed E-state index contributed by atoms with van der Waals surface area (Å²) in [4.78, 5) is 4.24. The van der Waals surface area contributed by atoms with Crippen LogP contribution < -0.4 is 5.32 Å². The number of aromatic nitrogens is 2. The molecule has 2 rings (SSSR count). The number of nitrogens with zero attached hydrogens (tertiary/aromatic N) is 3. The maximum atomic E-state index is 12.9. The molecular formula is C14H26N4O2S. The zero-order valence-corrected chi connectivity index (χ0v) is 14.2. The van der Waals surface area contributed by atoms with Crippen LogP contribution in [0, 0.1) is 6.92 Å². The van der Waals surface area contributed by atoms with Crippen LogP contribution in [0.15, 0.2) is 11.2 Å². The summed E-state index contributed by atoms with van der Waals surface area (Å²) in [5.74, 6) is 0.735. The molecule has 1 unspecified atom stereocenters. The Hall–Kier alpha value is -0.920. The van der Waals surface area contributed by atoms with Gasteiger partial charge >= 0.3 is 0 Å². The standard InChI is InChI=1S/C14H26N4O2S/c1-5-17-10-14(16-12(17)4)21(19,20)18(11(2)3)9-13-7-6-8-15-13/h10-11,13,15H,5-9H2,1-4H3. The van der Waals surface area contributed by atoms with E-state index in [2.05, 4.69) is 10.3 Å². The van der Waals surface area contributed by atoms with E-state index in [1.165, 1.54) is 0 Å². The van der Waals surface area contributed by atoms with Crippen molar-refractivity contribution in [2.75, 3.05) is 13.1 Å². The normalized spacial score (nSPS) is 19.8. The van der Waals surface area contributed by atoms with E-state index in [0.717, 1.165) is 31.8 Å². The van der Waals surface area contributed by atoms with Crippen LogP contribution in [0.2, 0.25) is 0 Å². The second-order valence-corrected chi connectivity index (χ2v) is 7.71. The van der Waals surface area contributed by atoms with Gasteiger partial charge in [-0.15, -0.1) is 0 Å². The van der Waals surface area contributed by atoms with Crippen molar-refractivity contribution in [3.63, 3.8) is 0 Å². The third-order valence-electron chi connectivity index (χ3n) is 4.01. The molecule has 0 amide bonds. The van der Waals surface area contributed by atoms with E-state index < -0.39 is 10.0 Å². The Morgan fingerprint density at radius 2 is 2.24 bits per heavy atom. The van der Waals surface area contributed by atoms with Crippen LogP contribution in [0.4, 0.5) is 0 Å². The Labute approximate surface area is 127 Å². The molecule has 120 valence electrons. The van der Waals surface area contributed by atoms with E-state index >= 15 is 0 Å². The van der Waals surface area contributed by atoms with Crippen molar-refractivity contribution >= 4 is 10.0 Å². The van der Waals surface area contributed by atoms with Gasteiger partial charge in [0.05, 0.1) is 0 Å². The monoisotopic (exact) mass is 314 g/mol. The van der Waals surface area contributed by atoms with Crippen molar-refractivity contribution in [3.05, 3.63) is 12.0 Å². The summed E-state index contributed by atoms with van der Waals surface area (Å²) < 4.78 is 29.2. The highest BCUT2D eigenvalue weighted by Gasteiger charge is 2.32. The maximum Gasteiger partial charge on any atom is 0.262 e. The molecule has 0 spiro atoms. The average Bonchev–Trinajstić information content (AvgIpc) is 3.04. The van der Waals surface area contributed by atoms with Gasteiger partial charge in [0.15, 0.2) is 5.03 Å². The molecule has 7 heteroatoms. The Bertz CT molecular complexity index is 574. The van der Waals surface area contributed by atoms with Crippen molar-refractivity contribution in [2.24, 2.45) is 0 Å². The fraction of sp³-hybridized carbons (Fsp3) is 0.786. The van der Waals surface area contributed by atoms with E-state index in [9.17, 15) is 8.42 Å². The molecule has 0 radical (unpaired) electrons. The van der Waals surface area contributed by atoms with Gasteiger partial charge in [0.25, 0.3) is 10.0 Å². The molecule has 0 aliphatic carbocycles. The molecule has 1 N–H and O–H groups in total. The topological polar surface area (TPSA) is 67.2 Å². The Balaban J connectivity index is 2.27. The van der Waals surface area contributed by atoms with Crippen molar-refractivity contribution in [1.82, 2.24) is 19.2 Å². The van der Waals surface area contributed by atoms with Crippen LogP contribution in [-0.4, -0.2) is 47.4 Å². The van der Waals surface area contributed by atoms with Crippen molar-refractivity contribution in [1.29, 1.82) is 0 Å². The first-order valence-corrected chi connectivity index (χ1v) is 9.09. The minimum atomic E-state index is -3.54. The number of hydrogen-bond donors (Lipinski definition) is 1. The Morgan fingerprint density at radius 3 is 2.71 bits per heavy atom. The zero-order chi connectivity index (χ0) is 15.6. The molecule has 0 bridgehead atoms. The second-order valence-electron chi connectivity index (χ2n) is 5.87. The number of hydrogen-bond acceptors (Lipinski definition) is 4. The smallest absolute Gasteiger partial charge is 0.262 e. The lowest BCUT2D eigenvalue weighted by molar-refractivity contribution is 0.321. The first kappa shape index (κ1) is 16.5. The third-order valence-corrected chi connectivity index (χ3v) is 5.92. The molecule has 1 aromatic rings. The van der Waals surface area contributed by atoms with Gasteiger partial charge in [0.1, 0.15) is 5.82 Å². The predicted octanol–water partition coefficient (Wildman–Crippen LogP) is 1.36. The summed E-state index contributed by atoms with van der Waals surface area (Å²) in [6, 6.07) is 0.168. The second kappa shape index (κ2) is 6.46. The molecule has 1 aliphatic heterocycles. The first-order chi connectivity index (χ1) is 9.86. The molecule has 6 nitrogen and oxygen atoms in total. The van der Waals surface area contributed by atoms with Gasteiger partial charge in [0, 0.05) is 31.4 Å². The number of imidazole rings is 1. The number of rotatable bonds is 6. The van der Waals surface area contributed by atoms with Crippen molar-refractivity contribution in [2.45, 2.75) is 64.2 Å². The molecule has 2 heterocycles. The van der Waals surface area contributed by atoms with Gasteiger partial charge in [-0.25, -0.2) is 13.4 Å². The van der Waals surface area contributed by atoms with Gasteiger partial charge < -0.3 is 9.88 Å². The summed E-state index contributed by atoms with van der Waals surface area (Å²) in [5, 5.41) is 3.52. The molecule has 0 aromatic carbocycles. The Kier molecular flexibility index (Phi) is 5.06. The number of nitrogens with one attached hydrogen (secondary N) is 1. The summed E-state index contributed by atoms with van der Waals surface area (Å²) >= 11 is 0. The SMILES string of the molecule is CCn1cc(S(=O)(=O)N(CC2CCCN2)C(C)C)nc1C. The van der Waals surface area contributed by atoms with Crippen LogP contribution in [-0.2, 0) is 16.6 Å². The van der Waals surface area contributed by atoms with Crippen LogP contribution >= 0.6 is 0 Å². The lowest BCUT2D eigenvalue weighted by atomic mass is 10.2. The van der Waals surface area contributed by atoms with E-state index in [1.54, 1.807) is 10.5 Å². The van der Waals surface area contributed by atoms with E-state index in [1.807, 2.05) is 32.3 Å². The molecule has 1 atom stereocenters. The summed E-state index contributed by atoms with van der Waals surface area (Å²) in [6.45, 7) is 9.85. The van der Waals surface area contributed by atoms with Crippen LogP contribution in [0.5, 0.6) is 0 Å². The Morgan fingerprint density at radius 1 is 1.52 bits per heavy atom. The molecule has 1 fully saturated rings. The summed E-state index contributed by atoms with van der Waals surface area (Å²) in [5.41, 5.74) is 0. The fourth-order valence-corrected chi connectivity index (χ4v) is 4.44. The van der Waals surface area contributed by atoms with E-state index in [0.29, 0.717) is 6.54 Å². The van der Waals surface area contributed by atoms with Gasteiger partial charge in [-0.1, -0.05) is 0 Å². The number of aryl methyl sites for hydroxylation is 2. The van der Waals surface area contributed by atoms with Gasteiger partial charge in [-0.2, -0.15) is 4.31 Å². The van der Waals surface area contributed by atoms with Gasteiger partial charge in [-0.3, -0.25) is 0 Å². The van der Waals surface area contributed by atoms with Crippen LogP contribution in [0.1, 0.15) is 39.4 Å². The molecule has 21 heavy (non-hydrogen) atoms. The highest BCUT2D eigenvalue weighted by molar-refractivity contribution is 7.89. The average molecular weight is 314 g/mol. The molecule has 1 aliphatic rings. The fourth-order valence-electron chi connectivity index (χ4n) is 2.76. The minimum absolute atomic E-state index is 0.0792. The lowest BCUT2D eigenvalue weighted by Crippen LogP contribution is -2.44. The highest BCUT2D eigenvalue weighted by Crippen LogP contribution is 2.20. The molecular weight excluding hydrogens is 288 g/mol. The third kappa shape index (κ3) is 3.46. The van der Waals surface area contributed by atoms with Crippen molar-refractivity contribution in [3.8, 4) is 0 Å². The maximum absolute atomic E-state index is 12.9. The summed E-state index contributed by atoms with van der Waals surface area (Å²) in [7, 11) is -3.54. The predicted molar refractivity (Wildman–Crippen MR) is 82.7 cm³/mol. The summed E-state index contributed by atoms with van der Waals surface area (Å²) in [6.07, 6.45) is 3.78. The largest absolute Gasteiger partial charge is 0.334 e. The van der Waals surface area contributed by atoms with E-state index in [4.69, 9.17) is 0 Å². The number of sulfonamides is 1. The van der Waals surface area contributed by atoms with Crippen LogP contribution in [0.3, 0.4) is 0 Å². The zero-order valence-electron chi connectivity index (χ0n) is 13.3. The molecule has 1 saturated heterocycles. The quantitative estimate of drug-likeness (QED) is 0.861. The van der Waals surface area contributed by atoms with Crippen LogP contribution in [0.25, 0.3) is 0 Å². The molecule has 1 aromatic heterocycles. The van der Waals surface area contributed by atoms with Gasteiger partial charge in [0.2, 0.25) is 0 Å². The van der Waals surface area contributed by atoms with E-state index in [-0.39, 0.29) is 17.1 Å². The minimum Gasteiger partial charge on any atom is -0.334 e. The lowest BCUT2D eigenvalue weighted by Gasteiger charge is -2.27. The highest BCUT2D eigenvalue weighted by atomic mass is 32.2. The molecule has 0 saturated carbocycles. The van der Waals surface area contributed by atoms with Gasteiger partial charge in [-0.05, 0) is 47.1 Å². The van der Waals surface area contributed by atoms with Crippen molar-refractivity contribution < 1.29 is 8.42 Å². The first-order valence-electron chi connectivity index (χ1n) is 7.65.